The number of benzene rings is 2. The van der Waals surface area contributed by atoms with Crippen LogP contribution in [0.3, 0.4) is 0 Å². The van der Waals surface area contributed by atoms with E-state index < -0.39 is 0 Å². The first-order chi connectivity index (χ1) is 15.3. The van der Waals surface area contributed by atoms with Crippen LogP contribution in [-0.4, -0.2) is 31.1 Å². The predicted molar refractivity (Wildman–Crippen MR) is 124 cm³/mol. The van der Waals surface area contributed by atoms with Crippen molar-refractivity contribution < 1.29 is 9.15 Å². The topological polar surface area (TPSA) is 42.7 Å². The smallest absolute Gasteiger partial charge is 0.339 e. The second-order valence-electron chi connectivity index (χ2n) is 9.03. The number of piperidine rings is 1. The molecule has 1 fully saturated rings. The number of ether oxygens (including phenoxy) is 1. The molecule has 4 heteroatoms. The minimum atomic E-state index is -0.169. The SMILES string of the molecule is O=c1oc2cc(OCCN3CCC(Cc4ccccc4)CC3)ccc2c2c1CCCC2. The van der Waals surface area contributed by atoms with E-state index >= 15 is 0 Å². The van der Waals surface area contributed by atoms with Gasteiger partial charge in [-0.1, -0.05) is 30.3 Å². The Kier molecular flexibility index (Phi) is 6.08. The number of fused-ring (bicyclic) bond motifs is 3. The predicted octanol–water partition coefficient (Wildman–Crippen LogP) is 5.01. The number of rotatable bonds is 6. The van der Waals surface area contributed by atoms with E-state index in [1.165, 1.54) is 30.4 Å². The zero-order chi connectivity index (χ0) is 21.0. The molecule has 162 valence electrons. The highest BCUT2D eigenvalue weighted by Crippen LogP contribution is 2.29. The molecule has 3 aromatic rings. The molecule has 0 bridgehead atoms. The van der Waals surface area contributed by atoms with Crippen molar-refractivity contribution in [1.82, 2.24) is 4.90 Å². The summed E-state index contributed by atoms with van der Waals surface area (Å²) in [4.78, 5) is 14.8. The van der Waals surface area contributed by atoms with Gasteiger partial charge in [0.05, 0.1) is 0 Å². The Labute approximate surface area is 183 Å². The van der Waals surface area contributed by atoms with Crippen molar-refractivity contribution in [3.63, 3.8) is 0 Å². The fourth-order valence-electron chi connectivity index (χ4n) is 5.17. The van der Waals surface area contributed by atoms with Crippen molar-refractivity contribution in [2.45, 2.75) is 44.9 Å². The molecule has 2 aromatic carbocycles. The highest BCUT2D eigenvalue weighted by atomic mass is 16.5. The lowest BCUT2D eigenvalue weighted by atomic mass is 9.90. The summed E-state index contributed by atoms with van der Waals surface area (Å²) < 4.78 is 11.6. The van der Waals surface area contributed by atoms with Crippen molar-refractivity contribution in [1.29, 1.82) is 0 Å². The van der Waals surface area contributed by atoms with E-state index in [1.807, 2.05) is 12.1 Å². The van der Waals surface area contributed by atoms with Crippen LogP contribution in [0.4, 0.5) is 0 Å². The first kappa shape index (κ1) is 20.3. The van der Waals surface area contributed by atoms with Gasteiger partial charge in [0.15, 0.2) is 0 Å². The molecule has 2 heterocycles. The first-order valence-corrected chi connectivity index (χ1v) is 11.7. The lowest BCUT2D eigenvalue weighted by molar-refractivity contribution is 0.155. The average molecular weight is 418 g/mol. The van der Waals surface area contributed by atoms with Crippen LogP contribution < -0.4 is 10.4 Å². The van der Waals surface area contributed by atoms with E-state index in [9.17, 15) is 4.79 Å². The number of likely N-dealkylation sites (tertiary alicyclic amines) is 1. The van der Waals surface area contributed by atoms with Gasteiger partial charge in [-0.05, 0) is 87.2 Å². The number of aryl methyl sites for hydroxylation is 1. The molecule has 31 heavy (non-hydrogen) atoms. The van der Waals surface area contributed by atoms with Gasteiger partial charge in [0.25, 0.3) is 0 Å². The number of hydrogen-bond acceptors (Lipinski definition) is 4. The first-order valence-electron chi connectivity index (χ1n) is 11.7. The van der Waals surface area contributed by atoms with E-state index in [0.717, 1.165) is 67.9 Å². The summed E-state index contributed by atoms with van der Waals surface area (Å²) in [5.74, 6) is 1.57. The van der Waals surface area contributed by atoms with Gasteiger partial charge in [-0.2, -0.15) is 0 Å². The van der Waals surface area contributed by atoms with Gasteiger partial charge < -0.3 is 9.15 Å². The second-order valence-corrected chi connectivity index (χ2v) is 9.03. The molecule has 0 amide bonds. The van der Waals surface area contributed by atoms with Gasteiger partial charge in [0.2, 0.25) is 0 Å². The minimum absolute atomic E-state index is 0.169. The Bertz CT molecular complexity index is 1080. The summed E-state index contributed by atoms with van der Waals surface area (Å²) in [5.41, 5.74) is 4.00. The number of hydrogen-bond donors (Lipinski definition) is 0. The molecular weight excluding hydrogens is 386 g/mol. The zero-order valence-electron chi connectivity index (χ0n) is 18.1. The van der Waals surface area contributed by atoms with Crippen LogP contribution in [0.1, 0.15) is 42.4 Å². The second kappa shape index (κ2) is 9.27. The Morgan fingerprint density at radius 3 is 2.55 bits per heavy atom. The average Bonchev–Trinajstić information content (AvgIpc) is 2.81. The largest absolute Gasteiger partial charge is 0.492 e. The fraction of sp³-hybridized carbons (Fsp3) is 0.444. The van der Waals surface area contributed by atoms with E-state index in [4.69, 9.17) is 9.15 Å². The third-order valence-electron chi connectivity index (χ3n) is 6.95. The van der Waals surface area contributed by atoms with Gasteiger partial charge in [0, 0.05) is 23.6 Å². The van der Waals surface area contributed by atoms with E-state index in [1.54, 1.807) is 0 Å². The van der Waals surface area contributed by atoms with Crippen LogP contribution in [0.2, 0.25) is 0 Å². The molecule has 0 radical (unpaired) electrons. The van der Waals surface area contributed by atoms with Crippen molar-refractivity contribution >= 4 is 11.0 Å². The van der Waals surface area contributed by atoms with Gasteiger partial charge in [0.1, 0.15) is 17.9 Å². The highest BCUT2D eigenvalue weighted by Gasteiger charge is 2.20. The molecule has 2 aliphatic rings. The van der Waals surface area contributed by atoms with Gasteiger partial charge in [-0.15, -0.1) is 0 Å². The molecular formula is C27H31NO3. The summed E-state index contributed by atoms with van der Waals surface area (Å²) in [6.45, 7) is 3.87. The summed E-state index contributed by atoms with van der Waals surface area (Å²) in [5, 5.41) is 1.07. The lowest BCUT2D eigenvalue weighted by Gasteiger charge is -2.31. The summed E-state index contributed by atoms with van der Waals surface area (Å²) in [7, 11) is 0. The summed E-state index contributed by atoms with van der Waals surface area (Å²) in [6, 6.07) is 16.8. The van der Waals surface area contributed by atoms with Crippen LogP contribution >= 0.6 is 0 Å². The quantitative estimate of drug-likeness (QED) is 0.529. The van der Waals surface area contributed by atoms with E-state index in [0.29, 0.717) is 12.2 Å². The molecule has 0 atom stereocenters. The number of nitrogens with zero attached hydrogens (tertiary/aromatic N) is 1. The van der Waals surface area contributed by atoms with Crippen LogP contribution in [0.15, 0.2) is 57.7 Å². The third kappa shape index (κ3) is 4.69. The lowest BCUT2D eigenvalue weighted by Crippen LogP contribution is -2.37. The third-order valence-corrected chi connectivity index (χ3v) is 6.95. The van der Waals surface area contributed by atoms with Crippen LogP contribution in [0, 0.1) is 5.92 Å². The van der Waals surface area contributed by atoms with E-state index in [2.05, 4.69) is 41.3 Å². The van der Waals surface area contributed by atoms with Gasteiger partial charge in [-0.3, -0.25) is 4.90 Å². The molecule has 1 aromatic heterocycles. The van der Waals surface area contributed by atoms with Crippen LogP contribution in [0.5, 0.6) is 5.75 Å². The Morgan fingerprint density at radius 1 is 0.968 bits per heavy atom. The van der Waals surface area contributed by atoms with E-state index in [-0.39, 0.29) is 5.63 Å². The fourth-order valence-corrected chi connectivity index (χ4v) is 5.17. The standard InChI is InChI=1S/C27H31NO3/c29-27-25-9-5-4-8-23(25)24-11-10-22(19-26(24)31-27)30-17-16-28-14-12-21(13-15-28)18-20-6-2-1-3-7-20/h1-3,6-7,10-11,19,21H,4-5,8-9,12-18H2. The molecule has 4 nitrogen and oxygen atoms in total. The summed E-state index contributed by atoms with van der Waals surface area (Å²) >= 11 is 0. The Balaban J connectivity index is 1.14. The minimum Gasteiger partial charge on any atom is -0.492 e. The van der Waals surface area contributed by atoms with Crippen molar-refractivity contribution in [2.24, 2.45) is 5.92 Å². The molecule has 5 rings (SSSR count). The highest BCUT2D eigenvalue weighted by molar-refractivity contribution is 5.82. The maximum absolute atomic E-state index is 12.3. The monoisotopic (exact) mass is 417 g/mol. The zero-order valence-corrected chi connectivity index (χ0v) is 18.1. The molecule has 0 spiro atoms. The molecule has 0 saturated carbocycles. The van der Waals surface area contributed by atoms with Crippen molar-refractivity contribution in [3.05, 3.63) is 75.6 Å². The molecule has 0 N–H and O–H groups in total. The maximum Gasteiger partial charge on any atom is 0.339 e. The normalized spacial score (nSPS) is 17.5. The van der Waals surface area contributed by atoms with Crippen molar-refractivity contribution in [2.75, 3.05) is 26.2 Å². The Morgan fingerprint density at radius 2 is 1.74 bits per heavy atom. The molecule has 1 aliphatic heterocycles. The molecule has 1 saturated heterocycles. The van der Waals surface area contributed by atoms with Gasteiger partial charge in [-0.25, -0.2) is 4.79 Å². The maximum atomic E-state index is 12.3. The van der Waals surface area contributed by atoms with Crippen LogP contribution in [0.25, 0.3) is 11.0 Å². The molecule has 0 unspecified atom stereocenters. The van der Waals surface area contributed by atoms with Crippen molar-refractivity contribution in [3.8, 4) is 5.75 Å². The van der Waals surface area contributed by atoms with Gasteiger partial charge >= 0.3 is 5.63 Å². The Hall–Kier alpha value is -2.59. The summed E-state index contributed by atoms with van der Waals surface area (Å²) in [6.07, 6.45) is 7.73. The molecule has 1 aliphatic carbocycles. The van der Waals surface area contributed by atoms with Crippen LogP contribution in [-0.2, 0) is 19.3 Å².